The summed E-state index contributed by atoms with van der Waals surface area (Å²) in [5.41, 5.74) is 0.302. The minimum Gasteiger partial charge on any atom is -0.508 e. The van der Waals surface area contributed by atoms with Crippen LogP contribution in [0.4, 0.5) is 5.69 Å². The Hall–Kier alpha value is -3.52. The van der Waals surface area contributed by atoms with Crippen molar-refractivity contribution in [2.45, 2.75) is 24.9 Å². The van der Waals surface area contributed by atoms with Gasteiger partial charge in [0.15, 0.2) is 0 Å². The van der Waals surface area contributed by atoms with Crippen LogP contribution < -0.4 is 15.6 Å². The van der Waals surface area contributed by atoms with Crippen molar-refractivity contribution < 1.29 is 19.7 Å². The number of H-pyrrole nitrogens is 2. The number of phenols is 1. The summed E-state index contributed by atoms with van der Waals surface area (Å²) in [5, 5.41) is 29.2. The molecule has 8 heteroatoms. The van der Waals surface area contributed by atoms with Gasteiger partial charge >= 0.3 is 0 Å². The number of rotatable bonds is 4. The molecular weight excluding hydrogens is 386 g/mol. The third-order valence-electron chi connectivity index (χ3n) is 5.65. The van der Waals surface area contributed by atoms with Gasteiger partial charge in [-0.15, -0.1) is 0 Å². The van der Waals surface area contributed by atoms with Crippen LogP contribution in [0.25, 0.3) is 0 Å². The summed E-state index contributed by atoms with van der Waals surface area (Å²) in [5.74, 6) is -1.55. The number of phenolic OH excluding ortho intramolecular Hbond substituents is 1. The van der Waals surface area contributed by atoms with E-state index in [1.165, 1.54) is 19.2 Å². The Morgan fingerprint density at radius 3 is 2.57 bits per heavy atom. The first-order chi connectivity index (χ1) is 14.3. The predicted octanol–water partition coefficient (Wildman–Crippen LogP) is 2.11. The first-order valence-electron chi connectivity index (χ1n) is 9.56. The van der Waals surface area contributed by atoms with E-state index in [0.29, 0.717) is 28.3 Å². The van der Waals surface area contributed by atoms with Crippen LogP contribution in [0.2, 0.25) is 0 Å². The summed E-state index contributed by atoms with van der Waals surface area (Å²) in [4.78, 5) is 26.0. The van der Waals surface area contributed by atoms with Crippen LogP contribution in [-0.2, 0) is 11.2 Å². The average molecular weight is 409 g/mol. The molecule has 0 spiro atoms. The van der Waals surface area contributed by atoms with Gasteiger partial charge in [0.1, 0.15) is 11.5 Å². The quantitative estimate of drug-likeness (QED) is 0.451. The third-order valence-corrected chi connectivity index (χ3v) is 5.65. The number of benzene rings is 2. The van der Waals surface area contributed by atoms with E-state index in [-0.39, 0.29) is 17.7 Å². The van der Waals surface area contributed by atoms with E-state index in [1.807, 2.05) is 0 Å². The van der Waals surface area contributed by atoms with Crippen LogP contribution in [0.3, 0.4) is 0 Å². The van der Waals surface area contributed by atoms with Crippen LogP contribution in [0.15, 0.2) is 53.3 Å². The number of nitrogens with one attached hydrogen (secondary N) is 3. The second-order valence-electron chi connectivity index (χ2n) is 7.74. The van der Waals surface area contributed by atoms with Crippen molar-refractivity contribution >= 4 is 11.6 Å². The summed E-state index contributed by atoms with van der Waals surface area (Å²) >= 11 is 0. The molecule has 3 atom stereocenters. The highest BCUT2D eigenvalue weighted by Gasteiger charge is 2.50. The van der Waals surface area contributed by atoms with Crippen LogP contribution >= 0.6 is 0 Å². The Balaban J connectivity index is 1.82. The fourth-order valence-electron chi connectivity index (χ4n) is 4.30. The molecule has 1 aromatic heterocycles. The Bertz CT molecular complexity index is 1130. The number of aromatic nitrogens is 2. The van der Waals surface area contributed by atoms with E-state index in [4.69, 9.17) is 4.74 Å². The molecule has 1 aliphatic rings. The molecule has 5 N–H and O–H groups in total. The number of aromatic hydroxyl groups is 1. The third kappa shape index (κ3) is 3.35. The molecule has 8 nitrogen and oxygen atoms in total. The van der Waals surface area contributed by atoms with Crippen LogP contribution in [0.1, 0.15) is 29.7 Å². The summed E-state index contributed by atoms with van der Waals surface area (Å²) in [6.45, 7) is 1.58. The number of fused-ring (bicyclic) bond motifs is 1. The molecule has 1 aliphatic carbocycles. The Kier molecular flexibility index (Phi) is 4.87. The maximum atomic E-state index is 13.4. The maximum absolute atomic E-state index is 13.4. The zero-order valence-electron chi connectivity index (χ0n) is 16.6. The lowest BCUT2D eigenvalue weighted by Crippen LogP contribution is -2.51. The molecule has 1 heterocycles. The predicted molar refractivity (Wildman–Crippen MR) is 111 cm³/mol. The lowest BCUT2D eigenvalue weighted by atomic mass is 9.66. The number of methoxy groups -OCH3 is 1. The summed E-state index contributed by atoms with van der Waals surface area (Å²) < 4.78 is 5.31. The van der Waals surface area contributed by atoms with E-state index in [1.54, 1.807) is 43.3 Å². The molecule has 0 unspecified atom stereocenters. The number of hydrogen-bond acceptors (Lipinski definition) is 5. The Morgan fingerprint density at radius 1 is 1.17 bits per heavy atom. The number of amides is 1. The van der Waals surface area contributed by atoms with Crippen molar-refractivity contribution in [2.75, 3.05) is 12.4 Å². The number of anilines is 1. The number of para-hydroxylation sites is 2. The van der Waals surface area contributed by atoms with Gasteiger partial charge in [-0.05, 0) is 36.8 Å². The van der Waals surface area contributed by atoms with Crippen molar-refractivity contribution in [2.24, 2.45) is 5.92 Å². The second-order valence-corrected chi connectivity index (χ2v) is 7.74. The highest BCUT2D eigenvalue weighted by molar-refractivity contribution is 5.96. The molecule has 0 aliphatic heterocycles. The molecule has 1 amide bonds. The molecule has 3 aromatic rings. The fourth-order valence-corrected chi connectivity index (χ4v) is 4.30. The van der Waals surface area contributed by atoms with Gasteiger partial charge < -0.3 is 25.4 Å². The van der Waals surface area contributed by atoms with Gasteiger partial charge in [0.25, 0.3) is 5.56 Å². The first kappa shape index (κ1) is 19.8. The average Bonchev–Trinajstić information content (AvgIpc) is 3.07. The lowest BCUT2D eigenvalue weighted by molar-refractivity contribution is -0.130. The second kappa shape index (κ2) is 7.38. The van der Waals surface area contributed by atoms with E-state index in [0.717, 1.165) is 0 Å². The molecule has 0 radical (unpaired) electrons. The highest BCUT2D eigenvalue weighted by atomic mass is 16.5. The summed E-state index contributed by atoms with van der Waals surface area (Å²) in [7, 11) is 1.51. The zero-order valence-corrected chi connectivity index (χ0v) is 16.6. The topological polar surface area (TPSA) is 127 Å². The van der Waals surface area contributed by atoms with E-state index in [9.17, 15) is 19.8 Å². The van der Waals surface area contributed by atoms with Crippen LogP contribution in [0.5, 0.6) is 11.5 Å². The van der Waals surface area contributed by atoms with Gasteiger partial charge in [-0.2, -0.15) is 0 Å². The summed E-state index contributed by atoms with van der Waals surface area (Å²) in [6.07, 6.45) is 0.111. The minimum atomic E-state index is -1.44. The van der Waals surface area contributed by atoms with E-state index in [2.05, 4.69) is 15.5 Å². The number of carbonyl (C=O) groups excluding carboxylic acids is 1. The first-order valence-corrected chi connectivity index (χ1v) is 9.56. The fraction of sp³-hybridized carbons (Fsp3) is 0.273. The van der Waals surface area contributed by atoms with Gasteiger partial charge in [-0.25, -0.2) is 0 Å². The largest absolute Gasteiger partial charge is 0.508 e. The molecule has 0 bridgehead atoms. The molecule has 0 saturated heterocycles. The van der Waals surface area contributed by atoms with Gasteiger partial charge in [0.05, 0.1) is 24.3 Å². The van der Waals surface area contributed by atoms with Crippen molar-refractivity contribution in [1.29, 1.82) is 0 Å². The monoisotopic (exact) mass is 409 g/mol. The van der Waals surface area contributed by atoms with Crippen molar-refractivity contribution in [3.05, 3.63) is 75.7 Å². The van der Waals surface area contributed by atoms with Gasteiger partial charge in [0, 0.05) is 23.6 Å². The Morgan fingerprint density at radius 2 is 1.87 bits per heavy atom. The number of carbonyl (C=O) groups is 1. The molecule has 2 aromatic carbocycles. The lowest BCUT2D eigenvalue weighted by Gasteiger charge is -2.41. The standard InChI is InChI=1S/C22H23N3O5/c1-22(29)11-15-18(20(27)25-24-15)17(12-7-9-13(26)10-8-12)19(22)21(28)23-14-5-3-4-6-16(14)30-2/h3-10,17,19,26,29H,11H2,1-2H3,(H,23,28)(H2,24,25,27)/t17-,19+,22+/m0/s1. The van der Waals surface area contributed by atoms with Crippen molar-refractivity contribution in [1.82, 2.24) is 10.2 Å². The molecule has 0 fully saturated rings. The number of aromatic amines is 2. The van der Waals surface area contributed by atoms with Crippen molar-refractivity contribution in [3.63, 3.8) is 0 Å². The number of ether oxygens (including phenoxy) is 1. The van der Waals surface area contributed by atoms with Crippen LogP contribution in [-0.4, -0.2) is 39.0 Å². The van der Waals surface area contributed by atoms with Gasteiger partial charge in [-0.1, -0.05) is 24.3 Å². The molecule has 4 rings (SSSR count). The van der Waals surface area contributed by atoms with Gasteiger partial charge in [0.2, 0.25) is 5.91 Å². The molecular formula is C22H23N3O5. The SMILES string of the molecule is COc1ccccc1NC(=O)[C@H]1[C@@H](c2ccc(O)cc2)c2c([nH][nH]c2=O)C[C@@]1(C)O. The number of hydrogen-bond donors (Lipinski definition) is 5. The number of aliphatic hydroxyl groups is 1. The van der Waals surface area contributed by atoms with E-state index >= 15 is 0 Å². The molecule has 156 valence electrons. The van der Waals surface area contributed by atoms with Crippen molar-refractivity contribution in [3.8, 4) is 11.5 Å². The highest BCUT2D eigenvalue weighted by Crippen LogP contribution is 2.44. The summed E-state index contributed by atoms with van der Waals surface area (Å²) in [6, 6.07) is 13.3. The normalized spacial score (nSPS) is 22.9. The maximum Gasteiger partial charge on any atom is 0.267 e. The van der Waals surface area contributed by atoms with Crippen LogP contribution in [0, 0.1) is 5.92 Å². The van der Waals surface area contributed by atoms with E-state index < -0.39 is 23.3 Å². The smallest absolute Gasteiger partial charge is 0.267 e. The minimum absolute atomic E-state index is 0.0690. The Labute approximate surface area is 172 Å². The molecule has 0 saturated carbocycles. The molecule has 30 heavy (non-hydrogen) atoms. The zero-order chi connectivity index (χ0) is 21.5. The van der Waals surface area contributed by atoms with Gasteiger partial charge in [-0.3, -0.25) is 14.7 Å².